The molecular weight excluding hydrogens is 534 g/mol. The van der Waals surface area contributed by atoms with Gasteiger partial charge in [0, 0.05) is 15.7 Å². The van der Waals surface area contributed by atoms with Gasteiger partial charge in [0.1, 0.15) is 11.5 Å². The second kappa shape index (κ2) is 10.8. The number of ether oxygens (including phenoxy) is 1. The van der Waals surface area contributed by atoms with Crippen molar-refractivity contribution in [2.75, 3.05) is 10.8 Å². The standard InChI is InChI=1S/C30H20ClN3O2S2/c31-21-13-15-24(16-14-21)37-19-27-25(18-20-7-6-10-23(17-20)36-22-8-2-1-3-9-22)29(35)34(33-27)30-32-26-11-4-5-12-28(26)38-30/h1-18H,19H2/b25-18-. The van der Waals surface area contributed by atoms with E-state index in [0.717, 1.165) is 26.4 Å². The van der Waals surface area contributed by atoms with Crippen LogP contribution in [0.2, 0.25) is 5.02 Å². The molecule has 0 atom stereocenters. The molecule has 5 nitrogen and oxygen atoms in total. The summed E-state index contributed by atoms with van der Waals surface area (Å²) in [5, 5.41) is 7.39. The first kappa shape index (κ1) is 24.4. The summed E-state index contributed by atoms with van der Waals surface area (Å²) in [6.07, 6.45) is 1.87. The molecule has 186 valence electrons. The maximum absolute atomic E-state index is 13.7. The molecule has 2 heterocycles. The van der Waals surface area contributed by atoms with Crippen LogP contribution in [0.3, 0.4) is 0 Å². The zero-order chi connectivity index (χ0) is 25.9. The van der Waals surface area contributed by atoms with Crippen molar-refractivity contribution in [2.24, 2.45) is 5.10 Å². The van der Waals surface area contributed by atoms with Crippen LogP contribution in [-0.4, -0.2) is 22.4 Å². The lowest BCUT2D eigenvalue weighted by Gasteiger charge is -2.08. The molecule has 4 aromatic carbocycles. The van der Waals surface area contributed by atoms with Crippen LogP contribution in [0.5, 0.6) is 11.5 Å². The van der Waals surface area contributed by atoms with E-state index in [-0.39, 0.29) is 5.91 Å². The topological polar surface area (TPSA) is 54.8 Å². The number of hydrazone groups is 1. The molecule has 0 saturated carbocycles. The van der Waals surface area contributed by atoms with Crippen LogP contribution in [0.4, 0.5) is 5.13 Å². The number of rotatable bonds is 7. The van der Waals surface area contributed by atoms with Crippen molar-refractivity contribution in [3.8, 4) is 11.5 Å². The molecule has 0 saturated heterocycles. The molecule has 0 bridgehead atoms. The fourth-order valence-electron chi connectivity index (χ4n) is 3.93. The monoisotopic (exact) mass is 553 g/mol. The third-order valence-corrected chi connectivity index (χ3v) is 8.04. The van der Waals surface area contributed by atoms with Crippen molar-refractivity contribution < 1.29 is 9.53 Å². The van der Waals surface area contributed by atoms with Crippen LogP contribution >= 0.6 is 34.7 Å². The Hall–Kier alpha value is -3.91. The van der Waals surface area contributed by atoms with Gasteiger partial charge in [0.2, 0.25) is 5.13 Å². The number of carbonyl (C=O) groups is 1. The molecule has 0 aliphatic carbocycles. The predicted molar refractivity (Wildman–Crippen MR) is 158 cm³/mol. The summed E-state index contributed by atoms with van der Waals surface area (Å²) in [7, 11) is 0. The van der Waals surface area contributed by atoms with Gasteiger partial charge in [-0.05, 0) is 72.3 Å². The van der Waals surface area contributed by atoms with E-state index < -0.39 is 0 Å². The zero-order valence-corrected chi connectivity index (χ0v) is 22.3. The Morgan fingerprint density at radius 3 is 2.47 bits per heavy atom. The number of fused-ring (bicyclic) bond motifs is 1. The van der Waals surface area contributed by atoms with E-state index in [4.69, 9.17) is 21.4 Å². The Labute approximate surface area is 233 Å². The zero-order valence-electron chi connectivity index (χ0n) is 20.0. The van der Waals surface area contributed by atoms with Crippen molar-refractivity contribution in [3.05, 3.63) is 119 Å². The van der Waals surface area contributed by atoms with Gasteiger partial charge in [-0.2, -0.15) is 10.1 Å². The fraction of sp³-hybridized carbons (Fsp3) is 0.0333. The van der Waals surface area contributed by atoms with Gasteiger partial charge in [-0.3, -0.25) is 4.79 Å². The lowest BCUT2D eigenvalue weighted by Crippen LogP contribution is -2.21. The largest absolute Gasteiger partial charge is 0.457 e. The summed E-state index contributed by atoms with van der Waals surface area (Å²) in [6, 6.07) is 32.7. The number of halogens is 1. The number of amides is 1. The van der Waals surface area contributed by atoms with Crippen molar-refractivity contribution in [2.45, 2.75) is 4.90 Å². The molecule has 6 rings (SSSR count). The highest BCUT2D eigenvalue weighted by molar-refractivity contribution is 8.00. The van der Waals surface area contributed by atoms with Gasteiger partial charge in [0.25, 0.3) is 5.91 Å². The van der Waals surface area contributed by atoms with Crippen LogP contribution in [0.15, 0.2) is 119 Å². The Morgan fingerprint density at radius 2 is 1.66 bits per heavy atom. The van der Waals surface area contributed by atoms with E-state index in [1.54, 1.807) is 11.8 Å². The number of aromatic nitrogens is 1. The molecule has 1 aliphatic heterocycles. The maximum atomic E-state index is 13.7. The minimum Gasteiger partial charge on any atom is -0.457 e. The summed E-state index contributed by atoms with van der Waals surface area (Å²) in [4.78, 5) is 19.4. The number of thioether (sulfide) groups is 1. The molecule has 1 aromatic heterocycles. The van der Waals surface area contributed by atoms with Crippen LogP contribution in [0.1, 0.15) is 5.56 Å². The molecular formula is C30H20ClN3O2S2. The molecule has 38 heavy (non-hydrogen) atoms. The Kier molecular flexibility index (Phi) is 6.96. The number of hydrogen-bond acceptors (Lipinski definition) is 6. The van der Waals surface area contributed by atoms with E-state index in [2.05, 4.69) is 4.98 Å². The third kappa shape index (κ3) is 5.36. The number of nitrogens with zero attached hydrogens (tertiary/aromatic N) is 3. The highest BCUT2D eigenvalue weighted by atomic mass is 35.5. The molecule has 1 aliphatic rings. The molecule has 0 N–H and O–H groups in total. The van der Waals surface area contributed by atoms with Gasteiger partial charge in [0.05, 0.1) is 21.5 Å². The molecule has 0 spiro atoms. The van der Waals surface area contributed by atoms with Crippen molar-refractivity contribution in [1.29, 1.82) is 0 Å². The number of carbonyl (C=O) groups excluding carboxylic acids is 1. The highest BCUT2D eigenvalue weighted by Gasteiger charge is 2.33. The lowest BCUT2D eigenvalue weighted by molar-refractivity contribution is -0.114. The molecule has 8 heteroatoms. The van der Waals surface area contributed by atoms with Gasteiger partial charge in [-0.15, -0.1) is 11.8 Å². The van der Waals surface area contributed by atoms with Gasteiger partial charge >= 0.3 is 0 Å². The van der Waals surface area contributed by atoms with Crippen LogP contribution in [-0.2, 0) is 4.79 Å². The Balaban J connectivity index is 1.32. The smallest absolute Gasteiger partial charge is 0.282 e. The summed E-state index contributed by atoms with van der Waals surface area (Å²) in [5.41, 5.74) is 2.90. The second-order valence-electron chi connectivity index (χ2n) is 8.42. The molecule has 0 fully saturated rings. The van der Waals surface area contributed by atoms with E-state index in [1.165, 1.54) is 16.3 Å². The van der Waals surface area contributed by atoms with Gasteiger partial charge in [0.15, 0.2) is 0 Å². The van der Waals surface area contributed by atoms with E-state index in [1.807, 2.05) is 109 Å². The van der Waals surface area contributed by atoms with E-state index >= 15 is 0 Å². The quantitative estimate of drug-likeness (QED) is 0.150. The Bertz CT molecular complexity index is 1650. The average Bonchev–Trinajstić information content (AvgIpc) is 3.50. The SMILES string of the molecule is O=C1/C(=C\c2cccc(Oc3ccccc3)c2)C(CSc2ccc(Cl)cc2)=NN1c1nc2ccccc2s1. The maximum Gasteiger partial charge on any atom is 0.282 e. The van der Waals surface area contributed by atoms with Gasteiger partial charge in [-0.1, -0.05) is 65.4 Å². The molecule has 0 radical (unpaired) electrons. The summed E-state index contributed by atoms with van der Waals surface area (Å²) in [5.74, 6) is 1.75. The number of benzene rings is 4. The number of thiazole rings is 1. The molecule has 5 aromatic rings. The van der Waals surface area contributed by atoms with E-state index in [9.17, 15) is 4.79 Å². The lowest BCUT2D eigenvalue weighted by atomic mass is 10.1. The van der Waals surface area contributed by atoms with Crippen molar-refractivity contribution in [1.82, 2.24) is 4.98 Å². The fourth-order valence-corrected chi connectivity index (χ4v) is 5.82. The highest BCUT2D eigenvalue weighted by Crippen LogP contribution is 2.34. The normalized spacial score (nSPS) is 14.3. The van der Waals surface area contributed by atoms with Crippen LogP contribution < -0.4 is 9.75 Å². The average molecular weight is 554 g/mol. The van der Waals surface area contributed by atoms with E-state index in [0.29, 0.717) is 32.9 Å². The summed E-state index contributed by atoms with van der Waals surface area (Å²) < 4.78 is 7.00. The number of hydrogen-bond donors (Lipinski definition) is 0. The number of para-hydroxylation sites is 2. The van der Waals surface area contributed by atoms with Gasteiger partial charge in [-0.25, -0.2) is 4.98 Å². The minimum absolute atomic E-state index is 0.204. The van der Waals surface area contributed by atoms with Crippen molar-refractivity contribution >= 4 is 67.7 Å². The molecule has 1 amide bonds. The second-order valence-corrected chi connectivity index (χ2v) is 10.9. The first-order valence-corrected chi connectivity index (χ1v) is 14.0. The Morgan fingerprint density at radius 1 is 0.895 bits per heavy atom. The summed E-state index contributed by atoms with van der Waals surface area (Å²) in [6.45, 7) is 0. The van der Waals surface area contributed by atoms with Crippen LogP contribution in [0.25, 0.3) is 16.3 Å². The predicted octanol–water partition coefficient (Wildman–Crippen LogP) is 8.32. The summed E-state index contributed by atoms with van der Waals surface area (Å²) >= 11 is 9.09. The first-order valence-electron chi connectivity index (χ1n) is 11.8. The minimum atomic E-state index is -0.204. The first-order chi connectivity index (χ1) is 18.6. The third-order valence-electron chi connectivity index (χ3n) is 5.76. The number of anilines is 1. The molecule has 0 unspecified atom stereocenters. The van der Waals surface area contributed by atoms with Crippen molar-refractivity contribution in [3.63, 3.8) is 0 Å². The van der Waals surface area contributed by atoms with Gasteiger partial charge < -0.3 is 4.74 Å². The van der Waals surface area contributed by atoms with Crippen LogP contribution in [0, 0.1) is 0 Å².